The maximum absolute atomic E-state index is 12.3. The summed E-state index contributed by atoms with van der Waals surface area (Å²) in [7, 11) is -3.23. The number of halogens is 1. The molecule has 1 saturated heterocycles. The number of hydrogen-bond donors (Lipinski definition) is 1. The van der Waals surface area contributed by atoms with Crippen molar-refractivity contribution in [2.75, 3.05) is 18.8 Å². The van der Waals surface area contributed by atoms with E-state index in [1.54, 1.807) is 12.1 Å². The van der Waals surface area contributed by atoms with Gasteiger partial charge in [-0.2, -0.15) is 0 Å². The van der Waals surface area contributed by atoms with Crippen LogP contribution in [0.3, 0.4) is 0 Å². The fourth-order valence-electron chi connectivity index (χ4n) is 2.73. The molecule has 1 atom stereocenters. The molecule has 0 aliphatic carbocycles. The van der Waals surface area contributed by atoms with Crippen LogP contribution in [0.25, 0.3) is 0 Å². The van der Waals surface area contributed by atoms with Crippen molar-refractivity contribution in [2.45, 2.75) is 32.7 Å². The van der Waals surface area contributed by atoms with E-state index in [9.17, 15) is 13.2 Å². The van der Waals surface area contributed by atoms with Crippen LogP contribution in [-0.2, 0) is 21.4 Å². The van der Waals surface area contributed by atoms with Crippen molar-refractivity contribution in [3.63, 3.8) is 0 Å². The summed E-state index contributed by atoms with van der Waals surface area (Å²) in [5, 5.41) is 3.55. The minimum atomic E-state index is -3.23. The van der Waals surface area contributed by atoms with Crippen molar-refractivity contribution in [1.82, 2.24) is 9.62 Å². The number of amides is 1. The molecule has 1 aromatic rings. The van der Waals surface area contributed by atoms with Crippen molar-refractivity contribution < 1.29 is 13.2 Å². The lowest BCUT2D eigenvalue weighted by Gasteiger charge is -2.31. The minimum Gasteiger partial charge on any atom is -0.352 e. The summed E-state index contributed by atoms with van der Waals surface area (Å²) in [6.45, 7) is 3.07. The Balaban J connectivity index is 1.90. The van der Waals surface area contributed by atoms with Gasteiger partial charge in [-0.1, -0.05) is 30.7 Å². The van der Waals surface area contributed by atoms with Gasteiger partial charge in [-0.3, -0.25) is 4.79 Å². The first-order valence-electron chi connectivity index (χ1n) is 7.92. The standard InChI is InChI=1S/C16H23ClN2O3S/c1-2-10-23(21,22)19-9-3-4-14(12-19)16(20)18-11-13-5-7-15(17)8-6-13/h5-8,14H,2-4,9-12H2,1H3,(H,18,20). The summed E-state index contributed by atoms with van der Waals surface area (Å²) in [4.78, 5) is 12.3. The number of piperidine rings is 1. The van der Waals surface area contributed by atoms with Crippen molar-refractivity contribution in [3.05, 3.63) is 34.9 Å². The van der Waals surface area contributed by atoms with E-state index >= 15 is 0 Å². The second kappa shape index (κ2) is 8.13. The summed E-state index contributed by atoms with van der Waals surface area (Å²) in [6, 6.07) is 7.29. The molecule has 128 valence electrons. The molecule has 7 heteroatoms. The average Bonchev–Trinajstić information content (AvgIpc) is 2.54. The Labute approximate surface area is 143 Å². The van der Waals surface area contributed by atoms with Gasteiger partial charge in [-0.25, -0.2) is 12.7 Å². The first kappa shape index (κ1) is 18.2. The summed E-state index contributed by atoms with van der Waals surface area (Å²) in [5.74, 6) is -0.217. The number of hydrogen-bond acceptors (Lipinski definition) is 3. The fourth-order valence-corrected chi connectivity index (χ4v) is 4.45. The molecule has 0 spiro atoms. The first-order valence-corrected chi connectivity index (χ1v) is 9.91. The van der Waals surface area contributed by atoms with Gasteiger partial charge in [0, 0.05) is 24.7 Å². The fraction of sp³-hybridized carbons (Fsp3) is 0.562. The second-order valence-electron chi connectivity index (χ2n) is 5.86. The van der Waals surface area contributed by atoms with Gasteiger partial charge in [0.2, 0.25) is 15.9 Å². The van der Waals surface area contributed by atoms with Crippen LogP contribution in [0.4, 0.5) is 0 Å². The predicted molar refractivity (Wildman–Crippen MR) is 91.7 cm³/mol. The zero-order chi connectivity index (χ0) is 16.9. The van der Waals surface area contributed by atoms with Crippen molar-refractivity contribution in [2.24, 2.45) is 5.92 Å². The molecule has 0 radical (unpaired) electrons. The molecule has 1 unspecified atom stereocenters. The molecular formula is C16H23ClN2O3S. The van der Waals surface area contributed by atoms with E-state index in [0.29, 0.717) is 24.5 Å². The molecule has 1 aliphatic rings. The van der Waals surface area contributed by atoms with Gasteiger partial charge >= 0.3 is 0 Å². The minimum absolute atomic E-state index is 0.0867. The monoisotopic (exact) mass is 358 g/mol. The highest BCUT2D eigenvalue weighted by atomic mass is 35.5. The highest BCUT2D eigenvalue weighted by Crippen LogP contribution is 2.20. The third-order valence-electron chi connectivity index (χ3n) is 3.99. The largest absolute Gasteiger partial charge is 0.352 e. The van der Waals surface area contributed by atoms with E-state index in [4.69, 9.17) is 11.6 Å². The molecular weight excluding hydrogens is 336 g/mol. The van der Waals surface area contributed by atoms with Crippen LogP contribution in [0.15, 0.2) is 24.3 Å². The molecule has 1 aromatic carbocycles. The van der Waals surface area contributed by atoms with E-state index in [1.807, 2.05) is 19.1 Å². The quantitative estimate of drug-likeness (QED) is 0.849. The topological polar surface area (TPSA) is 66.5 Å². The molecule has 0 saturated carbocycles. The van der Waals surface area contributed by atoms with Crippen LogP contribution < -0.4 is 5.32 Å². The van der Waals surface area contributed by atoms with Crippen LogP contribution in [0.1, 0.15) is 31.7 Å². The maximum atomic E-state index is 12.3. The van der Waals surface area contributed by atoms with Crippen molar-refractivity contribution in [3.8, 4) is 0 Å². The van der Waals surface area contributed by atoms with E-state index in [1.165, 1.54) is 4.31 Å². The molecule has 1 amide bonds. The summed E-state index contributed by atoms with van der Waals surface area (Å²) >= 11 is 5.83. The van der Waals surface area contributed by atoms with Gasteiger partial charge in [0.1, 0.15) is 0 Å². The van der Waals surface area contributed by atoms with Gasteiger partial charge in [-0.15, -0.1) is 0 Å². The Morgan fingerprint density at radius 2 is 2.04 bits per heavy atom. The smallest absolute Gasteiger partial charge is 0.224 e. The Morgan fingerprint density at radius 3 is 2.70 bits per heavy atom. The van der Waals surface area contributed by atoms with E-state index < -0.39 is 10.0 Å². The Hall–Kier alpha value is -1.11. The van der Waals surface area contributed by atoms with Gasteiger partial charge in [-0.05, 0) is 37.0 Å². The third kappa shape index (κ3) is 5.19. The van der Waals surface area contributed by atoms with Gasteiger partial charge < -0.3 is 5.32 Å². The van der Waals surface area contributed by atoms with Crippen LogP contribution in [-0.4, -0.2) is 37.5 Å². The van der Waals surface area contributed by atoms with Gasteiger partial charge in [0.15, 0.2) is 0 Å². The van der Waals surface area contributed by atoms with Gasteiger partial charge in [0.05, 0.1) is 11.7 Å². The van der Waals surface area contributed by atoms with Crippen LogP contribution >= 0.6 is 11.6 Å². The number of nitrogens with one attached hydrogen (secondary N) is 1. The Kier molecular flexibility index (Phi) is 6.44. The average molecular weight is 359 g/mol. The van der Waals surface area contributed by atoms with Crippen LogP contribution in [0, 0.1) is 5.92 Å². The second-order valence-corrected chi connectivity index (χ2v) is 8.38. The highest BCUT2D eigenvalue weighted by molar-refractivity contribution is 7.89. The van der Waals surface area contributed by atoms with E-state index in [2.05, 4.69) is 5.32 Å². The van der Waals surface area contributed by atoms with Crippen molar-refractivity contribution in [1.29, 1.82) is 0 Å². The molecule has 0 aromatic heterocycles. The molecule has 0 bridgehead atoms. The number of carbonyl (C=O) groups excluding carboxylic acids is 1. The van der Waals surface area contributed by atoms with Crippen LogP contribution in [0.5, 0.6) is 0 Å². The first-order chi connectivity index (χ1) is 10.9. The predicted octanol–water partition coefficient (Wildman–Crippen LogP) is 2.41. The normalized spacial score (nSPS) is 19.5. The number of nitrogens with zero attached hydrogens (tertiary/aromatic N) is 1. The van der Waals surface area contributed by atoms with E-state index in [-0.39, 0.29) is 24.1 Å². The highest BCUT2D eigenvalue weighted by Gasteiger charge is 2.31. The lowest BCUT2D eigenvalue weighted by atomic mass is 9.99. The molecule has 1 heterocycles. The number of benzene rings is 1. The molecule has 1 N–H and O–H groups in total. The van der Waals surface area contributed by atoms with Crippen molar-refractivity contribution >= 4 is 27.5 Å². The molecule has 1 aliphatic heterocycles. The van der Waals surface area contributed by atoms with E-state index in [0.717, 1.165) is 18.4 Å². The Morgan fingerprint density at radius 1 is 1.35 bits per heavy atom. The molecule has 2 rings (SSSR count). The number of rotatable bonds is 6. The summed E-state index contributed by atoms with van der Waals surface area (Å²) in [6.07, 6.45) is 2.04. The lowest BCUT2D eigenvalue weighted by Crippen LogP contribution is -2.45. The number of sulfonamides is 1. The van der Waals surface area contributed by atoms with Crippen LogP contribution in [0.2, 0.25) is 5.02 Å². The molecule has 1 fully saturated rings. The molecule has 23 heavy (non-hydrogen) atoms. The summed E-state index contributed by atoms with van der Waals surface area (Å²) in [5.41, 5.74) is 0.967. The lowest BCUT2D eigenvalue weighted by molar-refractivity contribution is -0.126. The zero-order valence-electron chi connectivity index (χ0n) is 13.3. The number of carbonyl (C=O) groups is 1. The van der Waals surface area contributed by atoms with Gasteiger partial charge in [0.25, 0.3) is 0 Å². The Bertz CT molecular complexity index is 631. The SMILES string of the molecule is CCCS(=O)(=O)N1CCCC(C(=O)NCc2ccc(Cl)cc2)C1. The zero-order valence-corrected chi connectivity index (χ0v) is 14.9. The third-order valence-corrected chi connectivity index (χ3v) is 6.28. The molecule has 5 nitrogen and oxygen atoms in total. The maximum Gasteiger partial charge on any atom is 0.224 e. The summed E-state index contributed by atoms with van der Waals surface area (Å²) < 4.78 is 25.8.